The molecule has 0 radical (unpaired) electrons. The number of fused-ring (bicyclic) bond motifs is 1. The van der Waals surface area contributed by atoms with Crippen LogP contribution in [-0.2, 0) is 4.79 Å². The van der Waals surface area contributed by atoms with Crippen LogP contribution in [0.3, 0.4) is 0 Å². The summed E-state index contributed by atoms with van der Waals surface area (Å²) in [4.78, 5) is 14.5. The first-order valence-corrected chi connectivity index (χ1v) is 7.94. The first-order chi connectivity index (χ1) is 10.0. The number of rotatable bonds is 5. The van der Waals surface area contributed by atoms with Gasteiger partial charge in [0.15, 0.2) is 0 Å². The molecule has 116 valence electrons. The number of para-hydroxylation sites is 1. The van der Waals surface area contributed by atoms with E-state index < -0.39 is 0 Å². The van der Waals surface area contributed by atoms with Gasteiger partial charge in [-0.05, 0) is 45.4 Å². The molecule has 0 aliphatic carbocycles. The highest BCUT2D eigenvalue weighted by atomic mass is 16.2. The average Bonchev–Trinajstić information content (AvgIpc) is 2.46. The van der Waals surface area contributed by atoms with Crippen LogP contribution in [0, 0.1) is 0 Å². The normalized spacial score (nSPS) is 19.3. The largest absolute Gasteiger partial charge is 0.359 e. The van der Waals surface area contributed by atoms with Crippen LogP contribution in [0.15, 0.2) is 24.3 Å². The number of nitrogens with zero attached hydrogens (tertiary/aromatic N) is 1. The van der Waals surface area contributed by atoms with Gasteiger partial charge in [0.2, 0.25) is 5.91 Å². The molecule has 21 heavy (non-hydrogen) atoms. The molecule has 1 aromatic rings. The second-order valence-electron chi connectivity index (χ2n) is 5.99. The van der Waals surface area contributed by atoms with Gasteiger partial charge in [-0.1, -0.05) is 25.1 Å². The van der Waals surface area contributed by atoms with Gasteiger partial charge >= 0.3 is 0 Å². The van der Waals surface area contributed by atoms with Gasteiger partial charge in [0.1, 0.15) is 6.04 Å². The molecule has 0 bridgehead atoms. The van der Waals surface area contributed by atoms with E-state index in [1.165, 1.54) is 11.3 Å². The van der Waals surface area contributed by atoms with Crippen LogP contribution < -0.4 is 15.5 Å². The quantitative estimate of drug-likeness (QED) is 0.875. The number of carbonyl (C=O) groups excluding carboxylic acids is 1. The van der Waals surface area contributed by atoms with Gasteiger partial charge < -0.3 is 15.5 Å². The topological polar surface area (TPSA) is 44.4 Å². The molecule has 2 N–H and O–H groups in total. The number of carbonyl (C=O) groups is 1. The summed E-state index contributed by atoms with van der Waals surface area (Å²) in [7, 11) is 0. The molecular formula is C17H27N3O. The van der Waals surface area contributed by atoms with E-state index in [0.717, 1.165) is 19.5 Å². The maximum absolute atomic E-state index is 12.3. The number of benzene rings is 1. The van der Waals surface area contributed by atoms with Crippen LogP contribution in [0.1, 0.15) is 45.7 Å². The zero-order chi connectivity index (χ0) is 15.4. The van der Waals surface area contributed by atoms with E-state index in [9.17, 15) is 4.79 Å². The van der Waals surface area contributed by atoms with Gasteiger partial charge in [0.25, 0.3) is 0 Å². The summed E-state index contributed by atoms with van der Waals surface area (Å²) in [6.45, 7) is 9.98. The molecule has 0 fully saturated rings. The lowest BCUT2D eigenvalue weighted by Crippen LogP contribution is -2.50. The lowest BCUT2D eigenvalue weighted by atomic mass is 9.95. The Morgan fingerprint density at radius 2 is 2.05 bits per heavy atom. The second kappa shape index (κ2) is 6.94. The van der Waals surface area contributed by atoms with Crippen molar-refractivity contribution in [3.8, 4) is 0 Å². The Labute approximate surface area is 127 Å². The highest BCUT2D eigenvalue weighted by Gasteiger charge is 2.29. The van der Waals surface area contributed by atoms with Crippen molar-refractivity contribution in [2.75, 3.05) is 18.0 Å². The van der Waals surface area contributed by atoms with E-state index in [2.05, 4.69) is 40.7 Å². The molecule has 1 heterocycles. The number of anilines is 1. The summed E-state index contributed by atoms with van der Waals surface area (Å²) in [5.41, 5.74) is 2.48. The number of hydrogen-bond donors (Lipinski definition) is 2. The van der Waals surface area contributed by atoms with E-state index in [1.54, 1.807) is 0 Å². The zero-order valence-corrected chi connectivity index (χ0v) is 13.5. The fourth-order valence-corrected chi connectivity index (χ4v) is 3.00. The van der Waals surface area contributed by atoms with E-state index in [4.69, 9.17) is 0 Å². The van der Waals surface area contributed by atoms with Gasteiger partial charge in [0, 0.05) is 24.3 Å². The molecule has 1 aliphatic rings. The minimum absolute atomic E-state index is 0.0988. The van der Waals surface area contributed by atoms with Gasteiger partial charge in [-0.2, -0.15) is 0 Å². The van der Waals surface area contributed by atoms with Crippen molar-refractivity contribution in [2.24, 2.45) is 0 Å². The first-order valence-electron chi connectivity index (χ1n) is 7.94. The molecule has 4 nitrogen and oxygen atoms in total. The van der Waals surface area contributed by atoms with Gasteiger partial charge in [-0.25, -0.2) is 0 Å². The molecule has 1 aromatic carbocycles. The van der Waals surface area contributed by atoms with Crippen LogP contribution in [-0.4, -0.2) is 31.1 Å². The molecule has 0 aromatic heterocycles. The van der Waals surface area contributed by atoms with E-state index in [0.29, 0.717) is 6.04 Å². The fraction of sp³-hybridized carbons (Fsp3) is 0.588. The standard InChI is InChI=1S/C17H27N3O/c1-5-18-15-10-11-20(13(4)17(21)19-12(2)3)16-9-7-6-8-14(15)16/h6-9,12-13,15,18H,5,10-11H2,1-4H3,(H,19,21). The number of amides is 1. The van der Waals surface area contributed by atoms with E-state index in [1.807, 2.05) is 26.8 Å². The minimum Gasteiger partial charge on any atom is -0.359 e. The van der Waals surface area contributed by atoms with Crippen molar-refractivity contribution in [1.29, 1.82) is 0 Å². The monoisotopic (exact) mass is 289 g/mol. The molecule has 2 rings (SSSR count). The second-order valence-corrected chi connectivity index (χ2v) is 5.99. The van der Waals surface area contributed by atoms with Crippen LogP contribution >= 0.6 is 0 Å². The summed E-state index contributed by atoms with van der Waals surface area (Å²) >= 11 is 0. The summed E-state index contributed by atoms with van der Waals surface area (Å²) < 4.78 is 0. The Bertz CT molecular complexity index is 487. The maximum Gasteiger partial charge on any atom is 0.242 e. The first kappa shape index (κ1) is 15.8. The van der Waals surface area contributed by atoms with Crippen LogP contribution in [0.5, 0.6) is 0 Å². The fourth-order valence-electron chi connectivity index (χ4n) is 3.00. The Morgan fingerprint density at radius 1 is 1.33 bits per heavy atom. The third kappa shape index (κ3) is 3.56. The predicted octanol–water partition coefficient (Wildman–Crippen LogP) is 2.46. The van der Waals surface area contributed by atoms with Crippen LogP contribution in [0.4, 0.5) is 5.69 Å². The predicted molar refractivity (Wildman–Crippen MR) is 87.6 cm³/mol. The molecular weight excluding hydrogens is 262 g/mol. The lowest BCUT2D eigenvalue weighted by Gasteiger charge is -2.39. The molecule has 4 heteroatoms. The summed E-state index contributed by atoms with van der Waals surface area (Å²) in [5, 5.41) is 6.55. The molecule has 0 spiro atoms. The zero-order valence-electron chi connectivity index (χ0n) is 13.5. The molecule has 0 saturated carbocycles. The van der Waals surface area contributed by atoms with E-state index in [-0.39, 0.29) is 18.0 Å². The summed E-state index contributed by atoms with van der Waals surface area (Å²) in [6.07, 6.45) is 1.03. The summed E-state index contributed by atoms with van der Waals surface area (Å²) in [5.74, 6) is 0.0988. The Morgan fingerprint density at radius 3 is 2.71 bits per heavy atom. The Hall–Kier alpha value is -1.55. The third-order valence-corrected chi connectivity index (χ3v) is 4.01. The van der Waals surface area contributed by atoms with Crippen LogP contribution in [0.25, 0.3) is 0 Å². The molecule has 2 atom stereocenters. The van der Waals surface area contributed by atoms with Crippen molar-refractivity contribution in [3.63, 3.8) is 0 Å². The molecule has 1 amide bonds. The lowest BCUT2D eigenvalue weighted by molar-refractivity contribution is -0.122. The smallest absolute Gasteiger partial charge is 0.242 e. The molecule has 1 aliphatic heterocycles. The van der Waals surface area contributed by atoms with Crippen molar-refractivity contribution in [2.45, 2.75) is 52.2 Å². The van der Waals surface area contributed by atoms with Crippen molar-refractivity contribution in [1.82, 2.24) is 10.6 Å². The van der Waals surface area contributed by atoms with E-state index >= 15 is 0 Å². The molecule has 2 unspecified atom stereocenters. The summed E-state index contributed by atoms with van der Waals surface area (Å²) in [6, 6.07) is 8.84. The Balaban J connectivity index is 2.22. The molecule has 0 saturated heterocycles. The van der Waals surface area contributed by atoms with Crippen molar-refractivity contribution < 1.29 is 4.79 Å². The SMILES string of the molecule is CCNC1CCN(C(C)C(=O)NC(C)C)c2ccccc21. The van der Waals surface area contributed by atoms with Crippen molar-refractivity contribution >= 4 is 11.6 Å². The van der Waals surface area contributed by atoms with Crippen molar-refractivity contribution in [3.05, 3.63) is 29.8 Å². The minimum atomic E-state index is -0.142. The van der Waals surface area contributed by atoms with Gasteiger partial charge in [-0.3, -0.25) is 4.79 Å². The van der Waals surface area contributed by atoms with Gasteiger partial charge in [0.05, 0.1) is 0 Å². The number of hydrogen-bond acceptors (Lipinski definition) is 3. The average molecular weight is 289 g/mol. The Kier molecular flexibility index (Phi) is 5.23. The van der Waals surface area contributed by atoms with Gasteiger partial charge in [-0.15, -0.1) is 0 Å². The highest BCUT2D eigenvalue weighted by Crippen LogP contribution is 2.34. The highest BCUT2D eigenvalue weighted by molar-refractivity contribution is 5.85. The number of nitrogens with one attached hydrogen (secondary N) is 2. The maximum atomic E-state index is 12.3. The third-order valence-electron chi connectivity index (χ3n) is 4.01. The van der Waals surface area contributed by atoms with Crippen LogP contribution in [0.2, 0.25) is 0 Å².